The van der Waals surface area contributed by atoms with Gasteiger partial charge >= 0.3 is 0 Å². The van der Waals surface area contributed by atoms with Gasteiger partial charge in [0.2, 0.25) is 5.91 Å². The van der Waals surface area contributed by atoms with E-state index in [9.17, 15) is 9.59 Å². The highest BCUT2D eigenvalue weighted by molar-refractivity contribution is 6.05. The van der Waals surface area contributed by atoms with Gasteiger partial charge in [-0.15, -0.1) is 0 Å². The number of amides is 2. The van der Waals surface area contributed by atoms with E-state index in [1.807, 2.05) is 67.6 Å². The largest absolute Gasteiger partial charge is 0.492 e. The zero-order valence-electron chi connectivity index (χ0n) is 18.3. The first-order chi connectivity index (χ1) is 15.6. The maximum Gasteiger partial charge on any atom is 0.255 e. The second kappa shape index (κ2) is 10.1. The van der Waals surface area contributed by atoms with E-state index >= 15 is 0 Å². The average molecular weight is 429 g/mol. The summed E-state index contributed by atoms with van der Waals surface area (Å²) in [6.07, 6.45) is 2.43. The first kappa shape index (κ1) is 21.6. The van der Waals surface area contributed by atoms with E-state index in [1.165, 1.54) is 5.56 Å². The normalized spacial score (nSPS) is 14.7. The van der Waals surface area contributed by atoms with Gasteiger partial charge in [0.1, 0.15) is 12.4 Å². The van der Waals surface area contributed by atoms with Crippen LogP contribution in [0.3, 0.4) is 0 Å². The summed E-state index contributed by atoms with van der Waals surface area (Å²) in [5, 5.41) is 5.99. The molecule has 32 heavy (non-hydrogen) atoms. The van der Waals surface area contributed by atoms with Gasteiger partial charge in [0.15, 0.2) is 0 Å². The van der Waals surface area contributed by atoms with Crippen molar-refractivity contribution in [3.8, 4) is 5.75 Å². The molecule has 0 spiro atoms. The Morgan fingerprint density at radius 2 is 1.78 bits per heavy atom. The Morgan fingerprint density at radius 3 is 2.59 bits per heavy atom. The quantitative estimate of drug-likeness (QED) is 0.543. The third-order valence-corrected chi connectivity index (χ3v) is 5.77. The second-order valence-corrected chi connectivity index (χ2v) is 8.18. The Hall–Kier alpha value is -3.60. The fourth-order valence-corrected chi connectivity index (χ4v) is 3.96. The maximum atomic E-state index is 12.6. The van der Waals surface area contributed by atoms with Crippen molar-refractivity contribution in [1.82, 2.24) is 5.32 Å². The lowest BCUT2D eigenvalue weighted by atomic mass is 9.95. The smallest absolute Gasteiger partial charge is 0.255 e. The molecule has 3 aromatic rings. The van der Waals surface area contributed by atoms with Crippen molar-refractivity contribution < 1.29 is 14.3 Å². The lowest BCUT2D eigenvalue weighted by molar-refractivity contribution is -0.126. The summed E-state index contributed by atoms with van der Waals surface area (Å²) < 4.78 is 5.82. The molecular weight excluding hydrogens is 400 g/mol. The van der Waals surface area contributed by atoms with Gasteiger partial charge in [-0.25, -0.2) is 0 Å². The summed E-state index contributed by atoms with van der Waals surface area (Å²) in [6.45, 7) is 2.93. The Kier molecular flexibility index (Phi) is 6.85. The predicted molar refractivity (Wildman–Crippen MR) is 126 cm³/mol. The number of nitrogens with one attached hydrogen (secondary N) is 2. The SMILES string of the molecule is Cc1ccccc1C(=O)Nc1ccc2c(c1)CC(C(=O)NCCCc1ccccc1)CO2. The number of anilines is 1. The van der Waals surface area contributed by atoms with Crippen molar-refractivity contribution in [2.24, 2.45) is 5.92 Å². The molecule has 0 saturated carbocycles. The lowest BCUT2D eigenvalue weighted by Crippen LogP contribution is -2.37. The molecule has 1 aliphatic rings. The topological polar surface area (TPSA) is 67.4 Å². The number of fused-ring (bicyclic) bond motifs is 1. The Labute approximate surface area is 188 Å². The molecule has 1 heterocycles. The maximum absolute atomic E-state index is 12.6. The molecule has 0 bridgehead atoms. The van der Waals surface area contributed by atoms with Gasteiger partial charge in [-0.05, 0) is 67.1 Å². The van der Waals surface area contributed by atoms with Gasteiger partial charge in [-0.3, -0.25) is 9.59 Å². The summed E-state index contributed by atoms with van der Waals surface area (Å²) in [5.74, 6) is 0.402. The fraction of sp³-hybridized carbons (Fsp3) is 0.259. The minimum absolute atomic E-state index is 0.0121. The molecule has 3 aromatic carbocycles. The zero-order chi connectivity index (χ0) is 22.3. The van der Waals surface area contributed by atoms with Crippen LogP contribution in [0.2, 0.25) is 0 Å². The lowest BCUT2D eigenvalue weighted by Gasteiger charge is -2.25. The first-order valence-electron chi connectivity index (χ1n) is 11.0. The van der Waals surface area contributed by atoms with Crippen LogP contribution in [0.1, 0.15) is 33.5 Å². The molecule has 5 nitrogen and oxygen atoms in total. The number of hydrogen-bond acceptors (Lipinski definition) is 3. The number of rotatable bonds is 7. The molecule has 1 unspecified atom stereocenters. The molecule has 0 aromatic heterocycles. The van der Waals surface area contributed by atoms with E-state index in [1.54, 1.807) is 0 Å². The molecule has 0 fully saturated rings. The van der Waals surface area contributed by atoms with Crippen LogP contribution in [0.15, 0.2) is 72.8 Å². The Balaban J connectivity index is 1.32. The van der Waals surface area contributed by atoms with Gasteiger partial charge in [-0.2, -0.15) is 0 Å². The van der Waals surface area contributed by atoms with Gasteiger partial charge in [0.25, 0.3) is 5.91 Å². The number of aryl methyl sites for hydroxylation is 2. The van der Waals surface area contributed by atoms with Crippen LogP contribution >= 0.6 is 0 Å². The summed E-state index contributed by atoms with van der Waals surface area (Å²) in [7, 11) is 0. The number of hydrogen-bond donors (Lipinski definition) is 2. The summed E-state index contributed by atoms with van der Waals surface area (Å²) >= 11 is 0. The van der Waals surface area contributed by atoms with E-state index in [0.717, 1.165) is 29.7 Å². The van der Waals surface area contributed by atoms with E-state index in [2.05, 4.69) is 22.8 Å². The third-order valence-electron chi connectivity index (χ3n) is 5.77. The van der Waals surface area contributed by atoms with E-state index in [-0.39, 0.29) is 17.7 Å². The van der Waals surface area contributed by atoms with Crippen molar-refractivity contribution in [3.05, 3.63) is 95.1 Å². The average Bonchev–Trinajstić information content (AvgIpc) is 2.82. The van der Waals surface area contributed by atoms with E-state index < -0.39 is 0 Å². The molecule has 0 radical (unpaired) electrons. The van der Waals surface area contributed by atoms with E-state index in [4.69, 9.17) is 4.74 Å². The minimum atomic E-state index is -0.235. The monoisotopic (exact) mass is 428 g/mol. The standard InChI is InChI=1S/C27H28N2O3/c1-19-8-5-6-12-24(19)27(31)29-23-13-14-25-21(17-23)16-22(18-32-25)26(30)28-15-7-11-20-9-3-2-4-10-20/h2-6,8-10,12-14,17,22H,7,11,15-16,18H2,1H3,(H,28,30)(H,29,31). The van der Waals surface area contributed by atoms with Gasteiger partial charge in [-0.1, -0.05) is 48.5 Å². The number of ether oxygens (including phenoxy) is 1. The molecule has 5 heteroatoms. The molecule has 164 valence electrons. The van der Waals surface area contributed by atoms with Crippen LogP contribution in [-0.2, 0) is 17.6 Å². The molecule has 1 atom stereocenters. The summed E-state index contributed by atoms with van der Waals surface area (Å²) in [5.41, 5.74) is 4.48. The van der Waals surface area contributed by atoms with Crippen molar-refractivity contribution in [2.45, 2.75) is 26.2 Å². The third kappa shape index (κ3) is 5.35. The van der Waals surface area contributed by atoms with Gasteiger partial charge in [0.05, 0.1) is 5.92 Å². The van der Waals surface area contributed by atoms with Gasteiger partial charge < -0.3 is 15.4 Å². The highest BCUT2D eigenvalue weighted by atomic mass is 16.5. The molecular formula is C27H28N2O3. The summed E-state index contributed by atoms with van der Waals surface area (Å²) in [6, 6.07) is 23.4. The van der Waals surface area contributed by atoms with Crippen molar-refractivity contribution >= 4 is 17.5 Å². The van der Waals surface area contributed by atoms with Crippen LogP contribution in [0.25, 0.3) is 0 Å². The molecule has 0 saturated heterocycles. The van der Waals surface area contributed by atoms with E-state index in [0.29, 0.717) is 30.8 Å². The predicted octanol–water partition coefficient (Wildman–Crippen LogP) is 4.55. The van der Waals surface area contributed by atoms with Crippen LogP contribution in [-0.4, -0.2) is 25.0 Å². The molecule has 4 rings (SSSR count). The number of benzene rings is 3. The minimum Gasteiger partial charge on any atom is -0.492 e. The van der Waals surface area contributed by atoms with Crippen LogP contribution in [0, 0.1) is 12.8 Å². The zero-order valence-corrected chi connectivity index (χ0v) is 18.3. The first-order valence-corrected chi connectivity index (χ1v) is 11.0. The highest BCUT2D eigenvalue weighted by Crippen LogP contribution is 2.30. The van der Waals surface area contributed by atoms with Crippen LogP contribution in [0.5, 0.6) is 5.75 Å². The molecule has 2 N–H and O–H groups in total. The number of carbonyl (C=O) groups excluding carboxylic acids is 2. The number of carbonyl (C=O) groups is 2. The van der Waals surface area contributed by atoms with Gasteiger partial charge in [0, 0.05) is 17.8 Å². The van der Waals surface area contributed by atoms with Crippen molar-refractivity contribution in [3.63, 3.8) is 0 Å². The molecule has 0 aliphatic carbocycles. The fourth-order valence-electron chi connectivity index (χ4n) is 3.96. The Bertz CT molecular complexity index is 1100. The second-order valence-electron chi connectivity index (χ2n) is 8.18. The van der Waals surface area contributed by atoms with Crippen LogP contribution < -0.4 is 15.4 Å². The Morgan fingerprint density at radius 1 is 1.00 bits per heavy atom. The molecule has 2 amide bonds. The highest BCUT2D eigenvalue weighted by Gasteiger charge is 2.26. The van der Waals surface area contributed by atoms with Crippen molar-refractivity contribution in [1.29, 1.82) is 0 Å². The summed E-state index contributed by atoms with van der Waals surface area (Å²) in [4.78, 5) is 25.3. The molecule has 1 aliphatic heterocycles. The van der Waals surface area contributed by atoms with Crippen molar-refractivity contribution in [2.75, 3.05) is 18.5 Å². The van der Waals surface area contributed by atoms with Crippen LogP contribution in [0.4, 0.5) is 5.69 Å².